The summed E-state index contributed by atoms with van der Waals surface area (Å²) in [5, 5.41) is 12.3. The van der Waals surface area contributed by atoms with Gasteiger partial charge in [-0.2, -0.15) is 0 Å². The molecule has 2 aromatic carbocycles. The van der Waals surface area contributed by atoms with E-state index in [1.54, 1.807) is 12.1 Å². The molecule has 4 rings (SSSR count). The van der Waals surface area contributed by atoms with Crippen LogP contribution in [-0.4, -0.2) is 62.9 Å². The molecular weight excluding hydrogens is 352 g/mol. The van der Waals surface area contributed by atoms with Gasteiger partial charge in [0, 0.05) is 25.0 Å². The van der Waals surface area contributed by atoms with Crippen LogP contribution in [0.25, 0.3) is 10.8 Å². The van der Waals surface area contributed by atoms with Crippen molar-refractivity contribution in [2.24, 2.45) is 0 Å². The van der Waals surface area contributed by atoms with Crippen LogP contribution < -0.4 is 4.31 Å². The molecule has 0 amide bonds. The predicted octanol–water partition coefficient (Wildman–Crippen LogP) is 1.82. The van der Waals surface area contributed by atoms with Crippen molar-refractivity contribution in [2.75, 3.05) is 30.5 Å². The minimum Gasteiger partial charge on any atom is -0.390 e. The Morgan fingerprint density at radius 2 is 1.77 bits per heavy atom. The Morgan fingerprint density at radius 3 is 2.46 bits per heavy atom. The van der Waals surface area contributed by atoms with Crippen LogP contribution in [-0.2, 0) is 14.8 Å². The molecule has 2 heterocycles. The second kappa shape index (κ2) is 6.49. The fourth-order valence-electron chi connectivity index (χ4n) is 4.14. The van der Waals surface area contributed by atoms with Gasteiger partial charge in [0.05, 0.1) is 35.4 Å². The summed E-state index contributed by atoms with van der Waals surface area (Å²) in [5.74, 6) is 0. The van der Waals surface area contributed by atoms with E-state index in [1.807, 2.05) is 38.1 Å². The zero-order chi connectivity index (χ0) is 18.5. The first-order valence-electron chi connectivity index (χ1n) is 8.96. The van der Waals surface area contributed by atoms with E-state index in [9.17, 15) is 13.5 Å². The van der Waals surface area contributed by atoms with Crippen LogP contribution in [0.1, 0.15) is 13.8 Å². The molecule has 6 nitrogen and oxygen atoms in total. The van der Waals surface area contributed by atoms with E-state index in [1.165, 1.54) is 4.31 Å². The number of rotatable bonds is 4. The molecule has 3 atom stereocenters. The molecule has 3 unspecified atom stereocenters. The molecule has 1 fully saturated rings. The minimum atomic E-state index is -3.63. The number of aliphatic hydroxyl groups is 1. The summed E-state index contributed by atoms with van der Waals surface area (Å²) in [6.45, 7) is 5.98. The van der Waals surface area contributed by atoms with Crippen LogP contribution in [0.15, 0.2) is 41.3 Å². The maximum Gasteiger partial charge on any atom is 0.265 e. The largest absolute Gasteiger partial charge is 0.390 e. The maximum absolute atomic E-state index is 13.0. The summed E-state index contributed by atoms with van der Waals surface area (Å²) in [4.78, 5) is 2.46. The van der Waals surface area contributed by atoms with Crippen molar-refractivity contribution in [3.63, 3.8) is 0 Å². The van der Waals surface area contributed by atoms with Gasteiger partial charge in [-0.15, -0.1) is 0 Å². The molecule has 2 aliphatic heterocycles. The monoisotopic (exact) mass is 376 g/mol. The van der Waals surface area contributed by atoms with E-state index >= 15 is 0 Å². The molecule has 2 aromatic rings. The first-order valence-corrected chi connectivity index (χ1v) is 10.4. The fourth-order valence-corrected chi connectivity index (χ4v) is 5.88. The molecule has 7 heteroatoms. The standard InChI is InChI=1S/C19H24N2O4S/c1-13-9-20(10-14(2)25-13)11-16(22)12-21-17-7-3-5-15-6-4-8-18(19(15)17)26(21,23)24/h3-8,13-14,16,22H,9-12H2,1-2H3. The average Bonchev–Trinajstić information content (AvgIpc) is 2.77. The topological polar surface area (TPSA) is 70.1 Å². The SMILES string of the molecule is CC1CN(CC(O)CN2c3cccc4cccc(c34)S2(=O)=O)CC(C)O1. The lowest BCUT2D eigenvalue weighted by atomic mass is 10.1. The number of nitrogens with zero attached hydrogens (tertiary/aromatic N) is 2. The van der Waals surface area contributed by atoms with E-state index in [2.05, 4.69) is 4.90 Å². The molecule has 1 N–H and O–H groups in total. The second-order valence-electron chi connectivity index (χ2n) is 7.30. The lowest BCUT2D eigenvalue weighted by Gasteiger charge is -2.36. The molecule has 1 saturated heterocycles. The van der Waals surface area contributed by atoms with Gasteiger partial charge in [-0.05, 0) is 31.4 Å². The number of sulfonamides is 1. The predicted molar refractivity (Wildman–Crippen MR) is 101 cm³/mol. The van der Waals surface area contributed by atoms with Crippen molar-refractivity contribution >= 4 is 26.5 Å². The average molecular weight is 376 g/mol. The second-order valence-corrected chi connectivity index (χ2v) is 9.13. The van der Waals surface area contributed by atoms with Gasteiger partial charge in [0.1, 0.15) is 0 Å². The Morgan fingerprint density at radius 1 is 1.12 bits per heavy atom. The Hall–Kier alpha value is -1.67. The van der Waals surface area contributed by atoms with Crippen LogP contribution in [0.5, 0.6) is 0 Å². The number of hydrogen-bond acceptors (Lipinski definition) is 5. The third-order valence-corrected chi connectivity index (χ3v) is 6.84. The van der Waals surface area contributed by atoms with Gasteiger partial charge < -0.3 is 9.84 Å². The highest BCUT2D eigenvalue weighted by Gasteiger charge is 2.37. The molecule has 26 heavy (non-hydrogen) atoms. The highest BCUT2D eigenvalue weighted by Crippen LogP contribution is 2.41. The van der Waals surface area contributed by atoms with E-state index in [0.29, 0.717) is 17.1 Å². The molecular formula is C19H24N2O4S. The van der Waals surface area contributed by atoms with E-state index in [4.69, 9.17) is 4.74 Å². The van der Waals surface area contributed by atoms with E-state index in [-0.39, 0.29) is 18.8 Å². The summed E-state index contributed by atoms with van der Waals surface area (Å²) in [6.07, 6.45) is -0.550. The number of hydrogen-bond donors (Lipinski definition) is 1. The van der Waals surface area contributed by atoms with Crippen molar-refractivity contribution in [1.82, 2.24) is 4.90 Å². The fraction of sp³-hybridized carbons (Fsp3) is 0.474. The minimum absolute atomic E-state index is 0.0518. The van der Waals surface area contributed by atoms with Crippen molar-refractivity contribution < 1.29 is 18.3 Å². The molecule has 0 spiro atoms. The third-order valence-electron chi connectivity index (χ3n) is 5.02. The van der Waals surface area contributed by atoms with Gasteiger partial charge in [0.15, 0.2) is 0 Å². The summed E-state index contributed by atoms with van der Waals surface area (Å²) in [7, 11) is -3.63. The molecule has 0 radical (unpaired) electrons. The van der Waals surface area contributed by atoms with Crippen LogP contribution in [0.3, 0.4) is 0 Å². The van der Waals surface area contributed by atoms with Crippen molar-refractivity contribution in [3.05, 3.63) is 36.4 Å². The van der Waals surface area contributed by atoms with Gasteiger partial charge >= 0.3 is 0 Å². The highest BCUT2D eigenvalue weighted by atomic mass is 32.2. The van der Waals surface area contributed by atoms with Gasteiger partial charge in [-0.3, -0.25) is 9.21 Å². The van der Waals surface area contributed by atoms with Crippen molar-refractivity contribution in [1.29, 1.82) is 0 Å². The van der Waals surface area contributed by atoms with E-state index < -0.39 is 16.1 Å². The van der Waals surface area contributed by atoms with Gasteiger partial charge in [-0.25, -0.2) is 8.42 Å². The normalized spacial score (nSPS) is 26.3. The first-order chi connectivity index (χ1) is 12.4. The molecule has 2 aliphatic rings. The quantitative estimate of drug-likeness (QED) is 0.881. The molecule has 0 aliphatic carbocycles. The van der Waals surface area contributed by atoms with Gasteiger partial charge in [0.25, 0.3) is 10.0 Å². The molecule has 0 aromatic heterocycles. The van der Waals surface area contributed by atoms with Crippen LogP contribution >= 0.6 is 0 Å². The number of β-amino-alcohol motifs (C(OH)–C–C–N with tert-alkyl or cyclic N) is 1. The number of aliphatic hydroxyl groups excluding tert-OH is 1. The van der Waals surface area contributed by atoms with E-state index in [0.717, 1.165) is 23.9 Å². The number of anilines is 1. The van der Waals surface area contributed by atoms with Crippen LogP contribution in [0.4, 0.5) is 5.69 Å². The zero-order valence-electron chi connectivity index (χ0n) is 15.0. The molecule has 0 saturated carbocycles. The number of morpholine rings is 1. The molecule has 140 valence electrons. The lowest BCUT2D eigenvalue weighted by molar-refractivity contribution is -0.0757. The number of ether oxygens (including phenoxy) is 1. The van der Waals surface area contributed by atoms with Gasteiger partial charge in [0.2, 0.25) is 0 Å². The smallest absolute Gasteiger partial charge is 0.265 e. The van der Waals surface area contributed by atoms with Crippen LogP contribution in [0, 0.1) is 0 Å². The Balaban J connectivity index is 1.56. The number of benzene rings is 2. The Kier molecular flexibility index (Phi) is 4.43. The van der Waals surface area contributed by atoms with Gasteiger partial charge in [-0.1, -0.05) is 24.3 Å². The summed E-state index contributed by atoms with van der Waals surface area (Å²) in [5.41, 5.74) is 0.654. The maximum atomic E-state index is 13.0. The lowest BCUT2D eigenvalue weighted by Crippen LogP contribution is -2.50. The van der Waals surface area contributed by atoms with Crippen molar-refractivity contribution in [2.45, 2.75) is 37.1 Å². The third kappa shape index (κ3) is 2.99. The summed E-state index contributed by atoms with van der Waals surface area (Å²) < 4.78 is 33.0. The Labute approximate surface area is 154 Å². The first kappa shape index (κ1) is 17.7. The van der Waals surface area contributed by atoms with Crippen LogP contribution in [0.2, 0.25) is 0 Å². The molecule has 0 bridgehead atoms. The highest BCUT2D eigenvalue weighted by molar-refractivity contribution is 7.93. The Bertz CT molecular complexity index is 915. The summed E-state index contributed by atoms with van der Waals surface area (Å²) in [6, 6.07) is 10.9. The summed E-state index contributed by atoms with van der Waals surface area (Å²) >= 11 is 0. The van der Waals surface area contributed by atoms with Crippen molar-refractivity contribution in [3.8, 4) is 0 Å². The zero-order valence-corrected chi connectivity index (χ0v) is 15.8.